The van der Waals surface area contributed by atoms with Gasteiger partial charge in [-0.25, -0.2) is 0 Å². The number of aromatic nitrogens is 2. The first kappa shape index (κ1) is 12.0. The van der Waals surface area contributed by atoms with Gasteiger partial charge < -0.3 is 10.1 Å². The number of carbonyl (C=O) groups excluding carboxylic acids is 1. The molecule has 0 aromatic carbocycles. The Morgan fingerprint density at radius 1 is 1.69 bits per heavy atom. The van der Waals surface area contributed by atoms with E-state index in [1.54, 1.807) is 20.9 Å². The number of carbonyl (C=O) groups is 1. The van der Waals surface area contributed by atoms with Crippen LogP contribution in [-0.4, -0.2) is 28.9 Å². The molecule has 0 aliphatic heterocycles. The minimum Gasteiger partial charge on any atom is -0.465 e. The first-order valence-electron chi connectivity index (χ1n) is 4.93. The van der Waals surface area contributed by atoms with Crippen molar-refractivity contribution in [2.45, 2.75) is 13.8 Å². The van der Waals surface area contributed by atoms with Crippen molar-refractivity contribution in [2.24, 2.45) is 7.05 Å². The van der Waals surface area contributed by atoms with Crippen molar-refractivity contribution in [2.75, 3.05) is 18.5 Å². The number of esters is 1. The van der Waals surface area contributed by atoms with Crippen LogP contribution in [0, 0.1) is 18.3 Å². The Balaban J connectivity index is 2.74. The summed E-state index contributed by atoms with van der Waals surface area (Å²) in [6.45, 7) is 3.86. The molecule has 0 bridgehead atoms. The first-order valence-corrected chi connectivity index (χ1v) is 4.93. The van der Waals surface area contributed by atoms with E-state index in [1.165, 1.54) is 4.68 Å². The first-order chi connectivity index (χ1) is 7.60. The van der Waals surface area contributed by atoms with Crippen molar-refractivity contribution >= 4 is 11.8 Å². The minimum atomic E-state index is -0.356. The SMILES string of the molecule is CCOC(=O)CNc1c(C#N)c(C)nn1C. The molecular weight excluding hydrogens is 208 g/mol. The molecule has 86 valence electrons. The van der Waals surface area contributed by atoms with Gasteiger partial charge in [0.15, 0.2) is 0 Å². The monoisotopic (exact) mass is 222 g/mol. The van der Waals surface area contributed by atoms with E-state index in [9.17, 15) is 4.79 Å². The summed E-state index contributed by atoms with van der Waals surface area (Å²) in [6.07, 6.45) is 0. The smallest absolute Gasteiger partial charge is 0.325 e. The van der Waals surface area contributed by atoms with E-state index in [1.807, 2.05) is 6.07 Å². The minimum absolute atomic E-state index is 0.0293. The number of nitrogens with zero attached hydrogens (tertiary/aromatic N) is 3. The zero-order valence-corrected chi connectivity index (χ0v) is 9.57. The highest BCUT2D eigenvalue weighted by molar-refractivity contribution is 5.75. The van der Waals surface area contributed by atoms with Gasteiger partial charge in [-0.2, -0.15) is 10.4 Å². The second kappa shape index (κ2) is 5.16. The maximum atomic E-state index is 11.1. The molecule has 0 unspecified atom stereocenters. The van der Waals surface area contributed by atoms with E-state index in [-0.39, 0.29) is 12.5 Å². The zero-order chi connectivity index (χ0) is 12.1. The normalized spacial score (nSPS) is 9.62. The molecule has 6 heteroatoms. The highest BCUT2D eigenvalue weighted by Gasteiger charge is 2.13. The molecule has 0 atom stereocenters. The van der Waals surface area contributed by atoms with Crippen LogP contribution in [0.5, 0.6) is 0 Å². The molecule has 0 saturated heterocycles. The fraction of sp³-hybridized carbons (Fsp3) is 0.500. The highest BCUT2D eigenvalue weighted by atomic mass is 16.5. The molecule has 0 saturated carbocycles. The van der Waals surface area contributed by atoms with Gasteiger partial charge in [0, 0.05) is 7.05 Å². The number of aryl methyl sites for hydroxylation is 2. The number of nitrogens with one attached hydrogen (secondary N) is 1. The van der Waals surface area contributed by atoms with E-state index in [2.05, 4.69) is 10.4 Å². The number of nitriles is 1. The van der Waals surface area contributed by atoms with E-state index in [4.69, 9.17) is 10.00 Å². The average molecular weight is 222 g/mol. The van der Waals surface area contributed by atoms with Crippen LogP contribution in [0.1, 0.15) is 18.2 Å². The van der Waals surface area contributed by atoms with Crippen LogP contribution in [0.15, 0.2) is 0 Å². The van der Waals surface area contributed by atoms with Crippen LogP contribution in [0.3, 0.4) is 0 Å². The quantitative estimate of drug-likeness (QED) is 0.753. The van der Waals surface area contributed by atoms with Crippen LogP contribution in [0.25, 0.3) is 0 Å². The van der Waals surface area contributed by atoms with Gasteiger partial charge in [0.2, 0.25) is 0 Å². The molecular formula is C10H14N4O2. The summed E-state index contributed by atoms with van der Waals surface area (Å²) < 4.78 is 6.30. The lowest BCUT2D eigenvalue weighted by Crippen LogP contribution is -2.18. The summed E-state index contributed by atoms with van der Waals surface area (Å²) in [4.78, 5) is 11.1. The Morgan fingerprint density at radius 2 is 2.38 bits per heavy atom. The van der Waals surface area contributed by atoms with E-state index >= 15 is 0 Å². The summed E-state index contributed by atoms with van der Waals surface area (Å²) in [6, 6.07) is 2.04. The van der Waals surface area contributed by atoms with Gasteiger partial charge in [-0.3, -0.25) is 9.48 Å². The second-order valence-corrected chi connectivity index (χ2v) is 3.20. The number of hydrogen-bond donors (Lipinski definition) is 1. The van der Waals surface area contributed by atoms with Crippen molar-refractivity contribution in [1.82, 2.24) is 9.78 Å². The number of ether oxygens (including phenoxy) is 1. The van der Waals surface area contributed by atoms with Gasteiger partial charge >= 0.3 is 5.97 Å². The summed E-state index contributed by atoms with van der Waals surface area (Å²) >= 11 is 0. The lowest BCUT2D eigenvalue weighted by atomic mass is 10.2. The molecule has 0 aliphatic carbocycles. The van der Waals surface area contributed by atoms with Crippen LogP contribution in [0.2, 0.25) is 0 Å². The van der Waals surface area contributed by atoms with Gasteiger partial charge in [-0.1, -0.05) is 0 Å². The maximum absolute atomic E-state index is 11.1. The second-order valence-electron chi connectivity index (χ2n) is 3.20. The summed E-state index contributed by atoms with van der Waals surface area (Å²) in [5, 5.41) is 15.8. The van der Waals surface area contributed by atoms with E-state index < -0.39 is 0 Å². The van der Waals surface area contributed by atoms with Crippen LogP contribution in [-0.2, 0) is 16.6 Å². The molecule has 1 rings (SSSR count). The maximum Gasteiger partial charge on any atom is 0.325 e. The molecule has 0 amide bonds. The van der Waals surface area contributed by atoms with Crippen molar-refractivity contribution in [3.8, 4) is 6.07 Å². The lowest BCUT2D eigenvalue weighted by molar-refractivity contribution is -0.140. The number of anilines is 1. The molecule has 1 heterocycles. The molecule has 0 spiro atoms. The van der Waals surface area contributed by atoms with Crippen molar-refractivity contribution in [1.29, 1.82) is 5.26 Å². The zero-order valence-electron chi connectivity index (χ0n) is 9.57. The van der Waals surface area contributed by atoms with E-state index in [0.717, 1.165) is 0 Å². The molecule has 1 aromatic heterocycles. The molecule has 0 aliphatic rings. The topological polar surface area (TPSA) is 79.9 Å². The summed E-state index contributed by atoms with van der Waals surface area (Å²) in [5.74, 6) is 0.179. The van der Waals surface area contributed by atoms with Gasteiger partial charge in [0.1, 0.15) is 24.0 Å². The number of hydrogen-bond acceptors (Lipinski definition) is 5. The Kier molecular flexibility index (Phi) is 3.89. The van der Waals surface area contributed by atoms with Crippen molar-refractivity contribution in [3.05, 3.63) is 11.3 Å². The average Bonchev–Trinajstić information content (AvgIpc) is 2.50. The third-order valence-electron chi connectivity index (χ3n) is 2.04. The van der Waals surface area contributed by atoms with Gasteiger partial charge in [-0.05, 0) is 13.8 Å². The molecule has 16 heavy (non-hydrogen) atoms. The fourth-order valence-corrected chi connectivity index (χ4v) is 1.36. The lowest BCUT2D eigenvalue weighted by Gasteiger charge is -2.06. The third-order valence-corrected chi connectivity index (χ3v) is 2.04. The van der Waals surface area contributed by atoms with Crippen LogP contribution < -0.4 is 5.32 Å². The molecule has 6 nitrogen and oxygen atoms in total. The number of rotatable bonds is 4. The van der Waals surface area contributed by atoms with Crippen LogP contribution >= 0.6 is 0 Å². The Hall–Kier alpha value is -2.03. The predicted octanol–water partition coefficient (Wildman–Crippen LogP) is 0.575. The molecule has 0 fully saturated rings. The standard InChI is InChI=1S/C10H14N4O2/c1-4-16-9(15)6-12-10-8(5-11)7(2)13-14(10)3/h12H,4,6H2,1-3H3. The molecule has 1 N–H and O–H groups in total. The van der Waals surface area contributed by atoms with Gasteiger partial charge in [-0.15, -0.1) is 0 Å². The van der Waals surface area contributed by atoms with E-state index in [0.29, 0.717) is 23.7 Å². The largest absolute Gasteiger partial charge is 0.465 e. The third kappa shape index (κ3) is 2.51. The predicted molar refractivity (Wildman–Crippen MR) is 57.8 cm³/mol. The Bertz CT molecular complexity index is 431. The summed E-state index contributed by atoms with van der Waals surface area (Å²) in [5.41, 5.74) is 1.09. The van der Waals surface area contributed by atoms with Gasteiger partial charge in [0.25, 0.3) is 0 Å². The molecule has 0 radical (unpaired) electrons. The van der Waals surface area contributed by atoms with Crippen LogP contribution in [0.4, 0.5) is 5.82 Å². The highest BCUT2D eigenvalue weighted by Crippen LogP contribution is 2.16. The molecule has 1 aromatic rings. The van der Waals surface area contributed by atoms with Crippen molar-refractivity contribution < 1.29 is 9.53 Å². The van der Waals surface area contributed by atoms with Gasteiger partial charge in [0.05, 0.1) is 12.3 Å². The fourth-order valence-electron chi connectivity index (χ4n) is 1.36. The Labute approximate surface area is 93.8 Å². The summed E-state index contributed by atoms with van der Waals surface area (Å²) in [7, 11) is 1.71. The Morgan fingerprint density at radius 3 is 2.94 bits per heavy atom. The van der Waals surface area contributed by atoms with Crippen molar-refractivity contribution in [3.63, 3.8) is 0 Å².